The van der Waals surface area contributed by atoms with Crippen LogP contribution in [0.1, 0.15) is 65.5 Å². The molecular weight excluding hydrogens is 242 g/mol. The van der Waals surface area contributed by atoms with Crippen molar-refractivity contribution >= 4 is 0 Å². The normalized spacial score (nSPS) is 12.7. The fourth-order valence-electron chi connectivity index (χ4n) is 2.36. The van der Waals surface area contributed by atoms with Crippen molar-refractivity contribution in [1.29, 1.82) is 0 Å². The predicted molar refractivity (Wildman–Crippen MR) is 90.4 cm³/mol. The molecule has 0 spiro atoms. The molecule has 1 aromatic carbocycles. The number of rotatable bonds is 8. The van der Waals surface area contributed by atoms with E-state index >= 15 is 0 Å². The van der Waals surface area contributed by atoms with Crippen LogP contribution < -0.4 is 5.32 Å². The monoisotopic (exact) mass is 275 g/mol. The van der Waals surface area contributed by atoms with Gasteiger partial charge < -0.3 is 5.32 Å². The zero-order chi connectivity index (χ0) is 15.2. The molecule has 0 aromatic heterocycles. The minimum Gasteiger partial charge on any atom is -0.316 e. The van der Waals surface area contributed by atoms with Gasteiger partial charge in [0.2, 0.25) is 0 Å². The van der Waals surface area contributed by atoms with Crippen LogP contribution in [0.2, 0.25) is 0 Å². The molecule has 1 heteroatoms. The van der Waals surface area contributed by atoms with Crippen molar-refractivity contribution in [2.45, 2.75) is 66.2 Å². The minimum absolute atomic E-state index is 0.294. The van der Waals surface area contributed by atoms with E-state index in [1.165, 1.54) is 30.4 Å². The average molecular weight is 275 g/mol. The SMILES string of the molecule is CCNCC(C)(C)CCc1ccc(C(C)(C)CC)cc1. The zero-order valence-corrected chi connectivity index (χ0v) is 14.3. The molecule has 1 N–H and O–H groups in total. The Bertz CT molecular complexity index is 387. The summed E-state index contributed by atoms with van der Waals surface area (Å²) < 4.78 is 0. The zero-order valence-electron chi connectivity index (χ0n) is 14.3. The first kappa shape index (κ1) is 17.2. The summed E-state index contributed by atoms with van der Waals surface area (Å²) in [5.74, 6) is 0. The van der Waals surface area contributed by atoms with Crippen LogP contribution in [0.25, 0.3) is 0 Å². The molecular formula is C19H33N. The third-order valence-corrected chi connectivity index (χ3v) is 4.56. The van der Waals surface area contributed by atoms with Crippen LogP contribution in [0.4, 0.5) is 0 Å². The van der Waals surface area contributed by atoms with E-state index in [0.29, 0.717) is 10.8 Å². The third-order valence-electron chi connectivity index (χ3n) is 4.56. The van der Waals surface area contributed by atoms with Crippen LogP contribution in [0.5, 0.6) is 0 Å². The van der Waals surface area contributed by atoms with Gasteiger partial charge in [0.05, 0.1) is 0 Å². The molecule has 0 saturated heterocycles. The molecule has 0 radical (unpaired) electrons. The topological polar surface area (TPSA) is 12.0 Å². The van der Waals surface area contributed by atoms with Crippen LogP contribution in [0, 0.1) is 5.41 Å². The predicted octanol–water partition coefficient (Wildman–Crippen LogP) is 4.94. The van der Waals surface area contributed by atoms with Gasteiger partial charge in [-0.2, -0.15) is 0 Å². The van der Waals surface area contributed by atoms with E-state index in [-0.39, 0.29) is 0 Å². The van der Waals surface area contributed by atoms with Gasteiger partial charge in [-0.3, -0.25) is 0 Å². The molecule has 0 amide bonds. The van der Waals surface area contributed by atoms with Crippen LogP contribution >= 0.6 is 0 Å². The lowest BCUT2D eigenvalue weighted by molar-refractivity contribution is 0.318. The smallest absolute Gasteiger partial charge is 0.000251 e. The molecule has 1 rings (SSSR count). The first-order valence-corrected chi connectivity index (χ1v) is 8.11. The standard InChI is InChI=1S/C19H33N/c1-7-19(5,6)17-11-9-16(10-12-17)13-14-18(3,4)15-20-8-2/h9-12,20H,7-8,13-15H2,1-6H3. The van der Waals surface area contributed by atoms with Crippen molar-refractivity contribution < 1.29 is 0 Å². The lowest BCUT2D eigenvalue weighted by Gasteiger charge is -2.26. The fraction of sp³-hybridized carbons (Fsp3) is 0.684. The highest BCUT2D eigenvalue weighted by molar-refractivity contribution is 5.28. The van der Waals surface area contributed by atoms with E-state index in [1.54, 1.807) is 0 Å². The Morgan fingerprint density at radius 3 is 2.05 bits per heavy atom. The van der Waals surface area contributed by atoms with Crippen LogP contribution in [0.15, 0.2) is 24.3 Å². The Kier molecular flexibility index (Phi) is 6.26. The number of benzene rings is 1. The highest BCUT2D eigenvalue weighted by atomic mass is 14.9. The Morgan fingerprint density at radius 1 is 0.950 bits per heavy atom. The van der Waals surface area contributed by atoms with Gasteiger partial charge in [0.1, 0.15) is 0 Å². The second-order valence-electron chi connectivity index (χ2n) is 7.38. The van der Waals surface area contributed by atoms with Gasteiger partial charge in [-0.25, -0.2) is 0 Å². The minimum atomic E-state index is 0.294. The van der Waals surface area contributed by atoms with Crippen LogP contribution in [0.3, 0.4) is 0 Å². The molecule has 1 nitrogen and oxygen atoms in total. The molecule has 0 fully saturated rings. The second-order valence-corrected chi connectivity index (χ2v) is 7.38. The average Bonchev–Trinajstić information content (AvgIpc) is 2.43. The summed E-state index contributed by atoms with van der Waals surface area (Å²) in [5, 5.41) is 3.46. The van der Waals surface area contributed by atoms with Gasteiger partial charge in [0.15, 0.2) is 0 Å². The largest absolute Gasteiger partial charge is 0.316 e. The van der Waals surface area contributed by atoms with Crippen LogP contribution in [-0.2, 0) is 11.8 Å². The van der Waals surface area contributed by atoms with E-state index in [9.17, 15) is 0 Å². The van der Waals surface area contributed by atoms with Crippen molar-refractivity contribution in [1.82, 2.24) is 5.32 Å². The van der Waals surface area contributed by atoms with E-state index in [2.05, 4.69) is 71.1 Å². The summed E-state index contributed by atoms with van der Waals surface area (Å²) in [4.78, 5) is 0. The molecule has 114 valence electrons. The molecule has 0 unspecified atom stereocenters. The summed E-state index contributed by atoms with van der Waals surface area (Å²) in [6.45, 7) is 15.9. The lowest BCUT2D eigenvalue weighted by Crippen LogP contribution is -2.29. The number of nitrogens with one attached hydrogen (secondary N) is 1. The Labute approximate surface area is 126 Å². The van der Waals surface area contributed by atoms with Crippen molar-refractivity contribution in [2.75, 3.05) is 13.1 Å². The fourth-order valence-corrected chi connectivity index (χ4v) is 2.36. The van der Waals surface area contributed by atoms with Crippen molar-refractivity contribution in [3.05, 3.63) is 35.4 Å². The summed E-state index contributed by atoms with van der Waals surface area (Å²) >= 11 is 0. The van der Waals surface area contributed by atoms with Crippen molar-refractivity contribution in [2.24, 2.45) is 5.41 Å². The highest BCUT2D eigenvalue weighted by Gasteiger charge is 2.19. The number of aryl methyl sites for hydroxylation is 1. The molecule has 0 saturated carbocycles. The first-order chi connectivity index (χ1) is 9.30. The van der Waals surface area contributed by atoms with Gasteiger partial charge in [0.25, 0.3) is 0 Å². The Balaban J connectivity index is 2.58. The Morgan fingerprint density at radius 2 is 1.55 bits per heavy atom. The molecule has 0 atom stereocenters. The molecule has 0 aliphatic heterocycles. The van der Waals surface area contributed by atoms with Gasteiger partial charge in [0, 0.05) is 6.54 Å². The summed E-state index contributed by atoms with van der Waals surface area (Å²) in [7, 11) is 0. The number of hydrogen-bond acceptors (Lipinski definition) is 1. The summed E-state index contributed by atoms with van der Waals surface area (Å²) in [6, 6.07) is 9.26. The lowest BCUT2D eigenvalue weighted by atomic mass is 9.81. The maximum atomic E-state index is 3.46. The van der Waals surface area contributed by atoms with Gasteiger partial charge >= 0.3 is 0 Å². The first-order valence-electron chi connectivity index (χ1n) is 8.11. The molecule has 0 aliphatic carbocycles. The molecule has 20 heavy (non-hydrogen) atoms. The summed E-state index contributed by atoms with van der Waals surface area (Å²) in [6.07, 6.45) is 3.59. The van der Waals surface area contributed by atoms with Crippen molar-refractivity contribution in [3.8, 4) is 0 Å². The quantitative estimate of drug-likeness (QED) is 0.708. The van der Waals surface area contributed by atoms with Gasteiger partial charge in [-0.1, -0.05) is 65.8 Å². The molecule has 0 bridgehead atoms. The molecule has 1 aromatic rings. The second kappa shape index (κ2) is 7.26. The van der Waals surface area contributed by atoms with Crippen molar-refractivity contribution in [3.63, 3.8) is 0 Å². The maximum Gasteiger partial charge on any atom is 0.000251 e. The van der Waals surface area contributed by atoms with E-state index in [1.807, 2.05) is 0 Å². The molecule has 0 heterocycles. The highest BCUT2D eigenvalue weighted by Crippen LogP contribution is 2.27. The maximum absolute atomic E-state index is 3.46. The third kappa shape index (κ3) is 5.28. The molecule has 0 aliphatic rings. The number of hydrogen-bond donors (Lipinski definition) is 1. The van der Waals surface area contributed by atoms with Gasteiger partial charge in [-0.15, -0.1) is 0 Å². The summed E-state index contributed by atoms with van der Waals surface area (Å²) in [5.41, 5.74) is 3.58. The van der Waals surface area contributed by atoms with Crippen LogP contribution in [-0.4, -0.2) is 13.1 Å². The Hall–Kier alpha value is -0.820. The van der Waals surface area contributed by atoms with E-state index in [4.69, 9.17) is 0 Å². The van der Waals surface area contributed by atoms with Gasteiger partial charge in [-0.05, 0) is 47.8 Å². The van der Waals surface area contributed by atoms with E-state index < -0.39 is 0 Å². The van der Waals surface area contributed by atoms with E-state index in [0.717, 1.165) is 13.1 Å².